The van der Waals surface area contributed by atoms with Gasteiger partial charge in [-0.15, -0.1) is 0 Å². The Morgan fingerprint density at radius 2 is 1.92 bits per heavy atom. The zero-order valence-corrected chi connectivity index (χ0v) is 14.1. The number of ether oxygens (including phenoxy) is 1. The van der Waals surface area contributed by atoms with Gasteiger partial charge in [0.2, 0.25) is 0 Å². The summed E-state index contributed by atoms with van der Waals surface area (Å²) in [5.74, 6) is 1.02. The Morgan fingerprint density at radius 1 is 1.08 bits per heavy atom. The SMILES string of the molecule is O=C([C@H]1CCCO1)N(Cc1cc2ccccc2o1)C1CCCCC1. The maximum absolute atomic E-state index is 13.0. The third kappa shape index (κ3) is 3.20. The lowest BCUT2D eigenvalue weighted by Crippen LogP contribution is -2.45. The molecule has 1 aromatic carbocycles. The number of furan rings is 1. The van der Waals surface area contributed by atoms with Gasteiger partial charge in [0, 0.05) is 18.0 Å². The number of benzene rings is 1. The highest BCUT2D eigenvalue weighted by atomic mass is 16.5. The Bertz CT molecular complexity index is 663. The molecule has 4 rings (SSSR count). The average molecular weight is 327 g/mol. The van der Waals surface area contributed by atoms with E-state index in [9.17, 15) is 4.79 Å². The summed E-state index contributed by atoms with van der Waals surface area (Å²) in [5, 5.41) is 1.10. The number of nitrogens with zero attached hydrogens (tertiary/aromatic N) is 1. The first-order valence-electron chi connectivity index (χ1n) is 9.21. The van der Waals surface area contributed by atoms with Crippen molar-refractivity contribution >= 4 is 16.9 Å². The Kier molecular flexibility index (Phi) is 4.56. The van der Waals surface area contributed by atoms with E-state index in [4.69, 9.17) is 9.15 Å². The molecule has 24 heavy (non-hydrogen) atoms. The van der Waals surface area contributed by atoms with Crippen molar-refractivity contribution in [3.63, 3.8) is 0 Å². The Morgan fingerprint density at radius 3 is 2.67 bits per heavy atom. The molecule has 1 atom stereocenters. The number of para-hydroxylation sites is 1. The maximum Gasteiger partial charge on any atom is 0.252 e. The number of carbonyl (C=O) groups is 1. The van der Waals surface area contributed by atoms with Crippen LogP contribution >= 0.6 is 0 Å². The number of fused-ring (bicyclic) bond motifs is 1. The largest absolute Gasteiger partial charge is 0.459 e. The van der Waals surface area contributed by atoms with Crippen molar-refractivity contribution in [3.05, 3.63) is 36.1 Å². The van der Waals surface area contributed by atoms with Gasteiger partial charge in [0.25, 0.3) is 5.91 Å². The van der Waals surface area contributed by atoms with Gasteiger partial charge in [-0.2, -0.15) is 0 Å². The van der Waals surface area contributed by atoms with Crippen molar-refractivity contribution in [3.8, 4) is 0 Å². The van der Waals surface area contributed by atoms with E-state index in [1.807, 2.05) is 23.1 Å². The first-order chi connectivity index (χ1) is 11.8. The van der Waals surface area contributed by atoms with Crippen LogP contribution in [0.15, 0.2) is 34.7 Å². The van der Waals surface area contributed by atoms with Gasteiger partial charge in [0.15, 0.2) is 0 Å². The van der Waals surface area contributed by atoms with Gasteiger partial charge in [0.1, 0.15) is 17.4 Å². The van der Waals surface area contributed by atoms with E-state index in [0.717, 1.165) is 42.4 Å². The highest BCUT2D eigenvalue weighted by Gasteiger charge is 2.33. The summed E-state index contributed by atoms with van der Waals surface area (Å²) in [6.07, 6.45) is 7.47. The monoisotopic (exact) mass is 327 g/mol. The predicted octanol–water partition coefficient (Wildman–Crippen LogP) is 4.27. The molecule has 4 nitrogen and oxygen atoms in total. The Hall–Kier alpha value is -1.81. The van der Waals surface area contributed by atoms with E-state index >= 15 is 0 Å². The summed E-state index contributed by atoms with van der Waals surface area (Å²) >= 11 is 0. The van der Waals surface area contributed by atoms with Crippen molar-refractivity contribution in [1.29, 1.82) is 0 Å². The molecule has 0 unspecified atom stereocenters. The standard InChI is InChI=1S/C20H25NO3/c22-20(19-11-6-12-23-19)21(16-8-2-1-3-9-16)14-17-13-15-7-4-5-10-18(15)24-17/h4-5,7,10,13,16,19H,1-3,6,8-9,11-12,14H2/t19-/m1/s1. The smallest absolute Gasteiger partial charge is 0.252 e. The molecule has 1 aromatic heterocycles. The van der Waals surface area contributed by atoms with Crippen LogP contribution in [-0.4, -0.2) is 29.6 Å². The zero-order valence-electron chi connectivity index (χ0n) is 14.1. The zero-order chi connectivity index (χ0) is 16.4. The second kappa shape index (κ2) is 6.98. The van der Waals surface area contributed by atoms with Crippen molar-refractivity contribution in [1.82, 2.24) is 4.90 Å². The molecule has 128 valence electrons. The molecule has 2 aromatic rings. The predicted molar refractivity (Wildman–Crippen MR) is 92.6 cm³/mol. The highest BCUT2D eigenvalue weighted by molar-refractivity contribution is 5.82. The fraction of sp³-hybridized carbons (Fsp3) is 0.550. The third-order valence-electron chi connectivity index (χ3n) is 5.31. The number of amides is 1. The highest BCUT2D eigenvalue weighted by Crippen LogP contribution is 2.28. The minimum atomic E-state index is -0.253. The summed E-state index contributed by atoms with van der Waals surface area (Å²) in [4.78, 5) is 15.1. The van der Waals surface area contributed by atoms with Crippen LogP contribution in [0.1, 0.15) is 50.7 Å². The third-order valence-corrected chi connectivity index (χ3v) is 5.31. The molecule has 1 aliphatic heterocycles. The second-order valence-corrected chi connectivity index (χ2v) is 7.01. The van der Waals surface area contributed by atoms with Crippen LogP contribution in [0.5, 0.6) is 0 Å². The van der Waals surface area contributed by atoms with Crippen molar-refractivity contribution in [2.45, 2.75) is 63.6 Å². The molecule has 0 N–H and O–H groups in total. The number of hydrogen-bond donors (Lipinski definition) is 0. The quantitative estimate of drug-likeness (QED) is 0.842. The average Bonchev–Trinajstić information content (AvgIpc) is 3.29. The van der Waals surface area contributed by atoms with Crippen LogP contribution in [0.25, 0.3) is 11.0 Å². The van der Waals surface area contributed by atoms with Crippen LogP contribution in [0.4, 0.5) is 0 Å². The summed E-state index contributed by atoms with van der Waals surface area (Å²) in [6, 6.07) is 10.4. The van der Waals surface area contributed by atoms with Crippen LogP contribution in [0, 0.1) is 0 Å². The molecule has 0 radical (unpaired) electrons. The first kappa shape index (κ1) is 15.7. The van der Waals surface area contributed by atoms with E-state index in [2.05, 4.69) is 12.1 Å². The normalized spacial score (nSPS) is 22.1. The van der Waals surface area contributed by atoms with Gasteiger partial charge in [-0.3, -0.25) is 4.79 Å². The molecule has 1 saturated carbocycles. The van der Waals surface area contributed by atoms with Gasteiger partial charge < -0.3 is 14.1 Å². The van der Waals surface area contributed by atoms with Gasteiger partial charge in [-0.25, -0.2) is 0 Å². The van der Waals surface area contributed by atoms with E-state index < -0.39 is 0 Å². The molecule has 0 spiro atoms. The molecule has 2 aliphatic rings. The molecule has 2 fully saturated rings. The van der Waals surface area contributed by atoms with Gasteiger partial charge >= 0.3 is 0 Å². The fourth-order valence-corrected chi connectivity index (χ4v) is 4.02. The second-order valence-electron chi connectivity index (χ2n) is 7.01. The summed E-state index contributed by atoms with van der Waals surface area (Å²) in [5.41, 5.74) is 0.889. The lowest BCUT2D eigenvalue weighted by molar-refractivity contribution is -0.145. The molecular formula is C20H25NO3. The molecule has 1 saturated heterocycles. The first-order valence-corrected chi connectivity index (χ1v) is 9.21. The van der Waals surface area contributed by atoms with Crippen LogP contribution in [-0.2, 0) is 16.1 Å². The van der Waals surface area contributed by atoms with Crippen LogP contribution in [0.2, 0.25) is 0 Å². The topological polar surface area (TPSA) is 42.7 Å². The van der Waals surface area contributed by atoms with Crippen molar-refractivity contribution < 1.29 is 13.9 Å². The van der Waals surface area contributed by atoms with Crippen LogP contribution < -0.4 is 0 Å². The van der Waals surface area contributed by atoms with Gasteiger partial charge in [0.05, 0.1) is 6.54 Å². The molecule has 2 heterocycles. The molecular weight excluding hydrogens is 302 g/mol. The van der Waals surface area contributed by atoms with E-state index in [1.165, 1.54) is 19.3 Å². The van der Waals surface area contributed by atoms with E-state index in [0.29, 0.717) is 19.2 Å². The molecule has 1 amide bonds. The van der Waals surface area contributed by atoms with E-state index in [1.54, 1.807) is 0 Å². The lowest BCUT2D eigenvalue weighted by Gasteiger charge is -2.35. The van der Waals surface area contributed by atoms with Gasteiger partial charge in [-0.1, -0.05) is 37.5 Å². The molecule has 1 aliphatic carbocycles. The van der Waals surface area contributed by atoms with Crippen LogP contribution in [0.3, 0.4) is 0 Å². The number of rotatable bonds is 4. The Balaban J connectivity index is 1.57. The van der Waals surface area contributed by atoms with Gasteiger partial charge in [-0.05, 0) is 37.8 Å². The summed E-state index contributed by atoms with van der Waals surface area (Å²) in [6.45, 7) is 1.26. The fourth-order valence-electron chi connectivity index (χ4n) is 4.02. The van der Waals surface area contributed by atoms with Crippen molar-refractivity contribution in [2.24, 2.45) is 0 Å². The van der Waals surface area contributed by atoms with Crippen molar-refractivity contribution in [2.75, 3.05) is 6.61 Å². The minimum Gasteiger partial charge on any atom is -0.459 e. The maximum atomic E-state index is 13.0. The Labute approximate surface area is 142 Å². The lowest BCUT2D eigenvalue weighted by atomic mass is 9.93. The van der Waals surface area contributed by atoms with E-state index in [-0.39, 0.29) is 12.0 Å². The number of hydrogen-bond acceptors (Lipinski definition) is 3. The summed E-state index contributed by atoms with van der Waals surface area (Å²) < 4.78 is 11.6. The molecule has 4 heteroatoms. The minimum absolute atomic E-state index is 0.153. The summed E-state index contributed by atoms with van der Waals surface area (Å²) in [7, 11) is 0. The molecule has 0 bridgehead atoms. The number of carbonyl (C=O) groups excluding carboxylic acids is 1.